The van der Waals surface area contributed by atoms with Gasteiger partial charge in [0.1, 0.15) is 5.75 Å². The van der Waals surface area contributed by atoms with Gasteiger partial charge in [-0.05, 0) is 24.6 Å². The number of ether oxygens (including phenoxy) is 2. The largest absolute Gasteiger partial charge is 0.497 e. The number of carbonyl (C=O) groups excluding carboxylic acids is 1. The molecule has 0 spiro atoms. The summed E-state index contributed by atoms with van der Waals surface area (Å²) in [6, 6.07) is 7.13. The molecule has 5 nitrogen and oxygen atoms in total. The molecule has 0 aliphatic rings. The van der Waals surface area contributed by atoms with Crippen LogP contribution in [0.15, 0.2) is 24.3 Å². The monoisotopic (exact) mass is 239 g/mol. The van der Waals surface area contributed by atoms with Crippen molar-refractivity contribution in [2.75, 3.05) is 20.8 Å². The van der Waals surface area contributed by atoms with E-state index in [9.17, 15) is 4.79 Å². The van der Waals surface area contributed by atoms with Gasteiger partial charge in [-0.1, -0.05) is 12.1 Å². The highest BCUT2D eigenvalue weighted by Gasteiger charge is 2.20. The first-order valence-corrected chi connectivity index (χ1v) is 5.31. The molecule has 0 heterocycles. The Morgan fingerprint density at radius 3 is 2.41 bits per heavy atom. The van der Waals surface area contributed by atoms with Gasteiger partial charge in [-0.15, -0.1) is 0 Å². The molecule has 0 aliphatic carbocycles. The third-order valence-corrected chi connectivity index (χ3v) is 2.19. The number of hydrogen-bond donors (Lipinski definition) is 1. The van der Waals surface area contributed by atoms with Crippen LogP contribution in [0.1, 0.15) is 18.6 Å². The molecule has 94 valence electrons. The summed E-state index contributed by atoms with van der Waals surface area (Å²) in [5.74, 6) is 0.399. The number of hydroxylamine groups is 1. The summed E-state index contributed by atoms with van der Waals surface area (Å²) in [6.45, 7) is 2.27. The molecule has 1 aromatic rings. The summed E-state index contributed by atoms with van der Waals surface area (Å²) < 4.78 is 10.4. The number of amides is 1. The third kappa shape index (κ3) is 3.72. The molecule has 5 heteroatoms. The van der Waals surface area contributed by atoms with E-state index in [1.807, 2.05) is 6.92 Å². The van der Waals surface area contributed by atoms with Gasteiger partial charge in [0.05, 0.1) is 14.2 Å². The molecule has 1 N–H and O–H groups in total. The Labute approximate surface area is 101 Å². The second kappa shape index (κ2) is 6.88. The Hall–Kier alpha value is -1.59. The van der Waals surface area contributed by atoms with Crippen LogP contribution < -0.4 is 10.2 Å². The van der Waals surface area contributed by atoms with E-state index in [4.69, 9.17) is 9.47 Å². The molecule has 1 atom stereocenters. The van der Waals surface area contributed by atoms with Crippen molar-refractivity contribution in [2.24, 2.45) is 0 Å². The Kier molecular flexibility index (Phi) is 5.45. The fraction of sp³-hybridized carbons (Fsp3) is 0.417. The van der Waals surface area contributed by atoms with Gasteiger partial charge in [-0.3, -0.25) is 9.63 Å². The topological polar surface area (TPSA) is 56.8 Å². The average molecular weight is 239 g/mol. The Bertz CT molecular complexity index is 350. The highest BCUT2D eigenvalue weighted by Crippen LogP contribution is 2.20. The zero-order chi connectivity index (χ0) is 12.7. The van der Waals surface area contributed by atoms with Gasteiger partial charge in [0.2, 0.25) is 0 Å². The van der Waals surface area contributed by atoms with E-state index < -0.39 is 6.10 Å². The lowest BCUT2D eigenvalue weighted by Crippen LogP contribution is -2.30. The maximum atomic E-state index is 11.7. The maximum absolute atomic E-state index is 11.7. The van der Waals surface area contributed by atoms with E-state index in [-0.39, 0.29) is 5.91 Å². The molecule has 0 aromatic heterocycles. The molecule has 0 fully saturated rings. The maximum Gasteiger partial charge on any atom is 0.277 e. The fourth-order valence-corrected chi connectivity index (χ4v) is 1.42. The van der Waals surface area contributed by atoms with Gasteiger partial charge in [0.15, 0.2) is 6.10 Å². The summed E-state index contributed by atoms with van der Waals surface area (Å²) in [5.41, 5.74) is 3.01. The molecule has 1 amide bonds. The number of rotatable bonds is 6. The van der Waals surface area contributed by atoms with Gasteiger partial charge in [-0.25, -0.2) is 5.48 Å². The van der Waals surface area contributed by atoms with Crippen molar-refractivity contribution in [2.45, 2.75) is 13.0 Å². The molecule has 0 bridgehead atoms. The Morgan fingerprint density at radius 2 is 1.94 bits per heavy atom. The van der Waals surface area contributed by atoms with Crippen molar-refractivity contribution < 1.29 is 19.1 Å². The van der Waals surface area contributed by atoms with Crippen LogP contribution >= 0.6 is 0 Å². The predicted molar refractivity (Wildman–Crippen MR) is 62.5 cm³/mol. The number of nitrogens with one attached hydrogen (secondary N) is 1. The van der Waals surface area contributed by atoms with Gasteiger partial charge in [0, 0.05) is 6.61 Å². The van der Waals surface area contributed by atoms with Crippen LogP contribution in [0.5, 0.6) is 5.75 Å². The highest BCUT2D eigenvalue weighted by atomic mass is 16.6. The number of carbonyl (C=O) groups is 1. The number of hydrogen-bond acceptors (Lipinski definition) is 4. The standard InChI is InChI=1S/C12H17NO4/c1-4-17-11(12(14)13-16-3)9-5-7-10(15-2)8-6-9/h5-8,11H,4H2,1-3H3,(H,13,14). The zero-order valence-electron chi connectivity index (χ0n) is 10.2. The lowest BCUT2D eigenvalue weighted by Gasteiger charge is -2.16. The Morgan fingerprint density at radius 1 is 1.29 bits per heavy atom. The van der Waals surface area contributed by atoms with Crippen LogP contribution in [0, 0.1) is 0 Å². The normalized spacial score (nSPS) is 11.9. The molecule has 0 saturated heterocycles. The van der Waals surface area contributed by atoms with E-state index in [1.54, 1.807) is 31.4 Å². The smallest absolute Gasteiger partial charge is 0.277 e. The van der Waals surface area contributed by atoms with Crippen molar-refractivity contribution in [3.8, 4) is 5.75 Å². The van der Waals surface area contributed by atoms with E-state index in [2.05, 4.69) is 10.3 Å². The summed E-state index contributed by atoms with van der Waals surface area (Å²) >= 11 is 0. The summed E-state index contributed by atoms with van der Waals surface area (Å²) in [7, 11) is 2.97. The first-order valence-electron chi connectivity index (χ1n) is 5.31. The SMILES string of the molecule is CCOC(C(=O)NOC)c1ccc(OC)cc1. The van der Waals surface area contributed by atoms with E-state index in [0.29, 0.717) is 6.61 Å². The first kappa shape index (κ1) is 13.5. The van der Waals surface area contributed by atoms with Gasteiger partial charge < -0.3 is 9.47 Å². The fourth-order valence-electron chi connectivity index (χ4n) is 1.42. The Balaban J connectivity index is 2.84. The van der Waals surface area contributed by atoms with Gasteiger partial charge in [-0.2, -0.15) is 0 Å². The minimum atomic E-state index is -0.675. The second-order valence-corrected chi connectivity index (χ2v) is 3.28. The predicted octanol–water partition coefficient (Wildman–Crippen LogP) is 1.45. The van der Waals surface area contributed by atoms with E-state index in [0.717, 1.165) is 11.3 Å². The number of benzene rings is 1. The van der Waals surface area contributed by atoms with Crippen molar-refractivity contribution >= 4 is 5.91 Å². The highest BCUT2D eigenvalue weighted by molar-refractivity contribution is 5.81. The summed E-state index contributed by atoms with van der Waals surface area (Å²) in [6.07, 6.45) is -0.675. The second-order valence-electron chi connectivity index (χ2n) is 3.28. The molecule has 0 aliphatic heterocycles. The molecule has 0 radical (unpaired) electrons. The average Bonchev–Trinajstić information content (AvgIpc) is 2.36. The summed E-state index contributed by atoms with van der Waals surface area (Å²) in [5, 5.41) is 0. The molecular formula is C12H17NO4. The van der Waals surface area contributed by atoms with Crippen LogP contribution in [-0.2, 0) is 14.4 Å². The van der Waals surface area contributed by atoms with Crippen molar-refractivity contribution in [1.29, 1.82) is 0 Å². The van der Waals surface area contributed by atoms with Crippen molar-refractivity contribution in [1.82, 2.24) is 5.48 Å². The molecule has 17 heavy (non-hydrogen) atoms. The molecule has 1 rings (SSSR count). The van der Waals surface area contributed by atoms with Crippen molar-refractivity contribution in [3.05, 3.63) is 29.8 Å². The van der Waals surface area contributed by atoms with Crippen LogP contribution in [0.3, 0.4) is 0 Å². The minimum absolute atomic E-state index is 0.334. The van der Waals surface area contributed by atoms with Gasteiger partial charge >= 0.3 is 0 Å². The van der Waals surface area contributed by atoms with E-state index in [1.165, 1.54) is 7.11 Å². The molecule has 1 aromatic carbocycles. The molecule has 1 unspecified atom stereocenters. The minimum Gasteiger partial charge on any atom is -0.497 e. The van der Waals surface area contributed by atoms with Crippen LogP contribution in [0.2, 0.25) is 0 Å². The van der Waals surface area contributed by atoms with E-state index >= 15 is 0 Å². The van der Waals surface area contributed by atoms with Crippen LogP contribution in [0.25, 0.3) is 0 Å². The first-order chi connectivity index (χ1) is 8.22. The lowest BCUT2D eigenvalue weighted by atomic mass is 10.1. The summed E-state index contributed by atoms with van der Waals surface area (Å²) in [4.78, 5) is 16.3. The van der Waals surface area contributed by atoms with Crippen LogP contribution in [-0.4, -0.2) is 26.7 Å². The molecule has 0 saturated carbocycles. The van der Waals surface area contributed by atoms with Crippen molar-refractivity contribution in [3.63, 3.8) is 0 Å². The zero-order valence-corrected chi connectivity index (χ0v) is 10.2. The number of methoxy groups -OCH3 is 1. The molecular weight excluding hydrogens is 222 g/mol. The third-order valence-electron chi connectivity index (χ3n) is 2.19. The lowest BCUT2D eigenvalue weighted by molar-refractivity contribution is -0.143. The quantitative estimate of drug-likeness (QED) is 0.763. The van der Waals surface area contributed by atoms with Gasteiger partial charge in [0.25, 0.3) is 5.91 Å². The van der Waals surface area contributed by atoms with Crippen LogP contribution in [0.4, 0.5) is 0 Å².